The first kappa shape index (κ1) is 10.4. The lowest BCUT2D eigenvalue weighted by Gasteiger charge is -2.17. The number of aliphatic hydroxyl groups is 2. The summed E-state index contributed by atoms with van der Waals surface area (Å²) in [7, 11) is 0. The molecule has 0 amide bonds. The van der Waals surface area contributed by atoms with Crippen molar-refractivity contribution in [3.05, 3.63) is 12.7 Å². The third-order valence-electron chi connectivity index (χ3n) is 3.29. The Morgan fingerprint density at radius 2 is 2.06 bits per heavy atom. The molecule has 3 atom stereocenters. The Morgan fingerprint density at radius 1 is 1.24 bits per heavy atom. The third kappa shape index (κ3) is 1.47. The summed E-state index contributed by atoms with van der Waals surface area (Å²) in [4.78, 5) is 12.1. The van der Waals surface area contributed by atoms with Crippen molar-refractivity contribution in [2.24, 2.45) is 0 Å². The molecule has 0 spiro atoms. The van der Waals surface area contributed by atoms with Crippen LogP contribution in [0.25, 0.3) is 11.2 Å². The molecular formula is C10H13N5O2. The lowest BCUT2D eigenvalue weighted by Crippen LogP contribution is -2.26. The minimum Gasteiger partial charge on any atom is -0.390 e. The van der Waals surface area contributed by atoms with E-state index >= 15 is 0 Å². The highest BCUT2D eigenvalue weighted by Gasteiger charge is 2.35. The first-order valence-electron chi connectivity index (χ1n) is 5.47. The van der Waals surface area contributed by atoms with Crippen LogP contribution in [0.2, 0.25) is 0 Å². The first-order valence-corrected chi connectivity index (χ1v) is 5.47. The summed E-state index contributed by atoms with van der Waals surface area (Å²) in [6.07, 6.45) is 2.75. The highest BCUT2D eigenvalue weighted by Crippen LogP contribution is 2.32. The van der Waals surface area contributed by atoms with Crippen LogP contribution in [0.15, 0.2) is 12.7 Å². The average molecular weight is 235 g/mol. The Kier molecular flexibility index (Phi) is 2.23. The van der Waals surface area contributed by atoms with E-state index in [2.05, 4.69) is 15.0 Å². The highest BCUT2D eigenvalue weighted by atomic mass is 16.3. The number of hydrogen-bond acceptors (Lipinski definition) is 6. The number of nitrogen functional groups attached to an aromatic ring is 1. The van der Waals surface area contributed by atoms with Gasteiger partial charge in [-0.25, -0.2) is 15.0 Å². The van der Waals surface area contributed by atoms with Gasteiger partial charge in [-0.05, 0) is 12.8 Å². The predicted octanol–water partition coefficient (Wildman–Crippen LogP) is -0.535. The molecule has 2 aromatic heterocycles. The fourth-order valence-electron chi connectivity index (χ4n) is 2.36. The number of anilines is 1. The summed E-state index contributed by atoms with van der Waals surface area (Å²) in [5, 5.41) is 19.4. The molecule has 4 N–H and O–H groups in total. The van der Waals surface area contributed by atoms with E-state index in [0.29, 0.717) is 29.8 Å². The van der Waals surface area contributed by atoms with E-state index in [1.807, 2.05) is 0 Å². The summed E-state index contributed by atoms with van der Waals surface area (Å²) < 4.78 is 1.76. The number of imidazole rings is 1. The SMILES string of the molecule is Nc1ncnc2c1ncn2C1CC[C@H](O)[C@H]1O. The molecule has 90 valence electrons. The molecule has 0 bridgehead atoms. The lowest BCUT2D eigenvalue weighted by atomic mass is 10.2. The van der Waals surface area contributed by atoms with Crippen molar-refractivity contribution in [3.63, 3.8) is 0 Å². The van der Waals surface area contributed by atoms with Gasteiger partial charge >= 0.3 is 0 Å². The quantitative estimate of drug-likeness (QED) is 0.612. The summed E-state index contributed by atoms with van der Waals surface area (Å²) in [6, 6.07) is -0.204. The van der Waals surface area contributed by atoms with E-state index in [0.717, 1.165) is 0 Å². The van der Waals surface area contributed by atoms with Gasteiger partial charge in [0, 0.05) is 0 Å². The summed E-state index contributed by atoms with van der Waals surface area (Å²) in [5.41, 5.74) is 6.81. The number of aromatic nitrogens is 4. The van der Waals surface area contributed by atoms with Crippen molar-refractivity contribution in [3.8, 4) is 0 Å². The monoisotopic (exact) mass is 235 g/mol. The number of nitrogens with two attached hydrogens (primary N) is 1. The minimum atomic E-state index is -0.788. The number of fused-ring (bicyclic) bond motifs is 1. The van der Waals surface area contributed by atoms with E-state index in [4.69, 9.17) is 5.73 Å². The van der Waals surface area contributed by atoms with Crippen molar-refractivity contribution >= 4 is 17.0 Å². The molecule has 0 saturated heterocycles. The van der Waals surface area contributed by atoms with E-state index in [1.54, 1.807) is 10.9 Å². The maximum atomic E-state index is 9.88. The molecule has 3 rings (SSSR count). The Morgan fingerprint density at radius 3 is 2.76 bits per heavy atom. The zero-order valence-electron chi connectivity index (χ0n) is 9.06. The van der Waals surface area contributed by atoms with Crippen LogP contribution in [0.3, 0.4) is 0 Å². The molecule has 2 heterocycles. The Hall–Kier alpha value is -1.73. The Balaban J connectivity index is 2.10. The number of hydrogen-bond donors (Lipinski definition) is 3. The maximum Gasteiger partial charge on any atom is 0.165 e. The topological polar surface area (TPSA) is 110 Å². The van der Waals surface area contributed by atoms with Gasteiger partial charge in [0.1, 0.15) is 17.9 Å². The van der Waals surface area contributed by atoms with E-state index in [-0.39, 0.29) is 6.04 Å². The van der Waals surface area contributed by atoms with Crippen LogP contribution in [0.1, 0.15) is 18.9 Å². The van der Waals surface area contributed by atoms with Crippen LogP contribution >= 0.6 is 0 Å². The van der Waals surface area contributed by atoms with Crippen molar-refractivity contribution in [1.29, 1.82) is 0 Å². The van der Waals surface area contributed by atoms with Gasteiger partial charge in [-0.3, -0.25) is 0 Å². The van der Waals surface area contributed by atoms with Crippen molar-refractivity contribution in [2.75, 3.05) is 5.73 Å². The van der Waals surface area contributed by atoms with E-state index < -0.39 is 12.2 Å². The van der Waals surface area contributed by atoms with Crippen LogP contribution in [-0.4, -0.2) is 41.9 Å². The molecule has 1 fully saturated rings. The van der Waals surface area contributed by atoms with Gasteiger partial charge in [-0.2, -0.15) is 0 Å². The van der Waals surface area contributed by atoms with Gasteiger partial charge < -0.3 is 20.5 Å². The number of rotatable bonds is 1. The Bertz CT molecular complexity index is 555. The van der Waals surface area contributed by atoms with Crippen molar-refractivity contribution in [1.82, 2.24) is 19.5 Å². The van der Waals surface area contributed by atoms with Crippen molar-refractivity contribution < 1.29 is 10.2 Å². The molecular weight excluding hydrogens is 222 g/mol. The van der Waals surface area contributed by atoms with Gasteiger partial charge in [0.2, 0.25) is 0 Å². The molecule has 7 heteroatoms. The molecule has 17 heavy (non-hydrogen) atoms. The molecule has 1 aliphatic carbocycles. The van der Waals surface area contributed by atoms with E-state index in [9.17, 15) is 10.2 Å². The van der Waals surface area contributed by atoms with Crippen LogP contribution in [0.5, 0.6) is 0 Å². The van der Waals surface area contributed by atoms with Crippen LogP contribution < -0.4 is 5.73 Å². The van der Waals surface area contributed by atoms with E-state index in [1.165, 1.54) is 6.33 Å². The first-order chi connectivity index (χ1) is 8.18. The summed E-state index contributed by atoms with van der Waals surface area (Å²) in [6.45, 7) is 0. The fraction of sp³-hybridized carbons (Fsp3) is 0.500. The third-order valence-corrected chi connectivity index (χ3v) is 3.29. The molecule has 2 aromatic rings. The molecule has 0 radical (unpaired) electrons. The second kappa shape index (κ2) is 3.64. The normalized spacial score (nSPS) is 28.9. The predicted molar refractivity (Wildman–Crippen MR) is 60.0 cm³/mol. The van der Waals surface area contributed by atoms with Crippen LogP contribution in [0, 0.1) is 0 Å². The standard InChI is InChI=1S/C10H13N5O2/c11-9-7-10(13-3-12-9)15(4-14-7)5-1-2-6(16)8(5)17/h3-6,8,16-17H,1-2H2,(H2,11,12,13)/t5?,6-,8-/m0/s1. The van der Waals surface area contributed by atoms with Gasteiger partial charge in [-0.15, -0.1) is 0 Å². The van der Waals surface area contributed by atoms with Gasteiger partial charge in [0.05, 0.1) is 18.5 Å². The van der Waals surface area contributed by atoms with Crippen molar-refractivity contribution in [2.45, 2.75) is 31.1 Å². The largest absolute Gasteiger partial charge is 0.390 e. The van der Waals surface area contributed by atoms with Gasteiger partial charge in [0.15, 0.2) is 11.5 Å². The second-order valence-corrected chi connectivity index (χ2v) is 4.29. The maximum absolute atomic E-state index is 9.88. The molecule has 7 nitrogen and oxygen atoms in total. The summed E-state index contributed by atoms with van der Waals surface area (Å²) >= 11 is 0. The smallest absolute Gasteiger partial charge is 0.165 e. The second-order valence-electron chi connectivity index (χ2n) is 4.29. The number of aliphatic hydroxyl groups excluding tert-OH is 2. The summed E-state index contributed by atoms with van der Waals surface area (Å²) in [5.74, 6) is 0.321. The molecule has 0 aliphatic heterocycles. The molecule has 1 saturated carbocycles. The van der Waals surface area contributed by atoms with Crippen LogP contribution in [0.4, 0.5) is 5.82 Å². The molecule has 1 unspecified atom stereocenters. The highest BCUT2D eigenvalue weighted by molar-refractivity contribution is 5.81. The zero-order valence-corrected chi connectivity index (χ0v) is 9.06. The van der Waals surface area contributed by atoms with Crippen LogP contribution in [-0.2, 0) is 0 Å². The minimum absolute atomic E-state index is 0.204. The Labute approximate surface area is 96.9 Å². The fourth-order valence-corrected chi connectivity index (χ4v) is 2.36. The average Bonchev–Trinajstić information content (AvgIpc) is 2.86. The van der Waals surface area contributed by atoms with Gasteiger partial charge in [-0.1, -0.05) is 0 Å². The van der Waals surface area contributed by atoms with Gasteiger partial charge in [0.25, 0.3) is 0 Å². The zero-order chi connectivity index (χ0) is 12.0. The molecule has 0 aromatic carbocycles. The number of nitrogens with zero attached hydrogens (tertiary/aromatic N) is 4. The lowest BCUT2D eigenvalue weighted by molar-refractivity contribution is 0.0241. The molecule has 1 aliphatic rings.